The van der Waals surface area contributed by atoms with E-state index in [1.54, 1.807) is 6.08 Å². The van der Waals surface area contributed by atoms with Crippen molar-refractivity contribution in [3.63, 3.8) is 0 Å². The van der Waals surface area contributed by atoms with Gasteiger partial charge in [-0.25, -0.2) is 0 Å². The average Bonchev–Trinajstić information content (AvgIpc) is 2.82. The summed E-state index contributed by atoms with van der Waals surface area (Å²) in [6.45, 7) is 1.89. The summed E-state index contributed by atoms with van der Waals surface area (Å²) in [6.07, 6.45) is 1.59. The maximum absolute atomic E-state index is 12.3. The number of fused-ring (bicyclic) bond motifs is 1. The van der Waals surface area contributed by atoms with Gasteiger partial charge in [-0.3, -0.25) is 14.9 Å². The van der Waals surface area contributed by atoms with E-state index in [0.717, 1.165) is 20.1 Å². The molecule has 0 bridgehead atoms. The number of hydrogen-bond donors (Lipinski definition) is 2. The highest BCUT2D eigenvalue weighted by molar-refractivity contribution is 9.11. The van der Waals surface area contributed by atoms with Crippen molar-refractivity contribution in [3.8, 4) is 5.75 Å². The molecule has 2 aromatic carbocycles. The second-order valence-corrected chi connectivity index (χ2v) is 6.94. The van der Waals surface area contributed by atoms with Crippen LogP contribution in [0.4, 0.5) is 11.4 Å². The number of nitrogens with zero attached hydrogens (tertiary/aromatic N) is 1. The smallest absolute Gasteiger partial charge is 0.310 e. The lowest BCUT2D eigenvalue weighted by Gasteiger charge is -2.08. The van der Waals surface area contributed by atoms with Crippen LogP contribution in [0.5, 0.6) is 5.75 Å². The number of nitro benzene ring substituents is 1. The van der Waals surface area contributed by atoms with Crippen LogP contribution in [0, 0.1) is 17.0 Å². The molecule has 0 saturated heterocycles. The summed E-state index contributed by atoms with van der Waals surface area (Å²) in [6, 6.07) is 5.81. The van der Waals surface area contributed by atoms with Crippen LogP contribution in [0.15, 0.2) is 33.2 Å². The molecule has 6 nitrogen and oxygen atoms in total. The molecule has 0 atom stereocenters. The quantitative estimate of drug-likeness (QED) is 0.394. The number of carbonyl (C=O) groups excluding carboxylic acids is 1. The third-order valence-electron chi connectivity index (χ3n) is 3.74. The SMILES string of the molecule is Cc1c(Br)cc(Br)c2c1C(=Cc1ccc([N+](=O)[O-])c(O)c1)C(=O)N2. The Hall–Kier alpha value is -2.19. The number of phenols is 1. The molecule has 8 heteroatoms. The second-order valence-electron chi connectivity index (χ2n) is 5.23. The number of phenolic OH excluding ortho intramolecular Hbond substituents is 1. The molecule has 0 aliphatic carbocycles. The number of amides is 1. The van der Waals surface area contributed by atoms with Crippen LogP contribution in [-0.4, -0.2) is 15.9 Å². The van der Waals surface area contributed by atoms with Crippen molar-refractivity contribution in [2.24, 2.45) is 0 Å². The molecule has 122 valence electrons. The first-order valence-corrected chi connectivity index (χ1v) is 8.37. The Labute approximate surface area is 153 Å². The number of halogens is 2. The fourth-order valence-corrected chi connectivity index (χ4v) is 3.82. The molecular weight excluding hydrogens is 444 g/mol. The summed E-state index contributed by atoms with van der Waals surface area (Å²) in [4.78, 5) is 22.4. The summed E-state index contributed by atoms with van der Waals surface area (Å²) in [5, 5.41) is 23.3. The zero-order chi connectivity index (χ0) is 17.6. The molecule has 1 amide bonds. The van der Waals surface area contributed by atoms with E-state index in [-0.39, 0.29) is 11.6 Å². The highest BCUT2D eigenvalue weighted by atomic mass is 79.9. The van der Waals surface area contributed by atoms with Crippen molar-refractivity contribution in [2.75, 3.05) is 5.32 Å². The van der Waals surface area contributed by atoms with Gasteiger partial charge in [0.1, 0.15) is 0 Å². The van der Waals surface area contributed by atoms with E-state index in [9.17, 15) is 20.0 Å². The topological polar surface area (TPSA) is 92.5 Å². The van der Waals surface area contributed by atoms with E-state index in [1.807, 2.05) is 13.0 Å². The van der Waals surface area contributed by atoms with Crippen LogP contribution in [0.1, 0.15) is 16.7 Å². The van der Waals surface area contributed by atoms with Crippen molar-refractivity contribution in [3.05, 3.63) is 60.0 Å². The van der Waals surface area contributed by atoms with Crippen LogP contribution < -0.4 is 5.32 Å². The molecular formula is C16H10Br2N2O4. The summed E-state index contributed by atoms with van der Waals surface area (Å²) in [5.74, 6) is -0.718. The third-order valence-corrected chi connectivity index (χ3v) is 5.18. The van der Waals surface area contributed by atoms with Crippen LogP contribution in [0.3, 0.4) is 0 Å². The Bertz CT molecular complexity index is 938. The molecule has 1 aliphatic heterocycles. The number of anilines is 1. The normalized spacial score (nSPS) is 14.6. The summed E-state index contributed by atoms with van der Waals surface area (Å²) >= 11 is 6.88. The van der Waals surface area contributed by atoms with Gasteiger partial charge >= 0.3 is 5.69 Å². The van der Waals surface area contributed by atoms with Gasteiger partial charge in [0.25, 0.3) is 5.91 Å². The number of hydrogen-bond acceptors (Lipinski definition) is 4. The van der Waals surface area contributed by atoms with E-state index in [1.165, 1.54) is 18.2 Å². The van der Waals surface area contributed by atoms with Gasteiger partial charge in [-0.2, -0.15) is 0 Å². The van der Waals surface area contributed by atoms with Crippen LogP contribution >= 0.6 is 31.9 Å². The third kappa shape index (κ3) is 2.71. The number of rotatable bonds is 2. The summed E-state index contributed by atoms with van der Waals surface area (Å²) in [7, 11) is 0. The van der Waals surface area contributed by atoms with Gasteiger partial charge in [0.2, 0.25) is 0 Å². The standard InChI is InChI=1S/C16H10Br2N2O4/c1-7-10(17)6-11(18)15-14(7)9(16(22)19-15)4-8-2-3-12(20(23)24)13(21)5-8/h2-6,21H,1H3,(H,19,22). The van der Waals surface area contributed by atoms with Crippen LogP contribution in [0.25, 0.3) is 11.6 Å². The van der Waals surface area contributed by atoms with Crippen LogP contribution in [0.2, 0.25) is 0 Å². The van der Waals surface area contributed by atoms with Crippen molar-refractivity contribution < 1.29 is 14.8 Å². The molecule has 0 unspecified atom stereocenters. The lowest BCUT2D eigenvalue weighted by molar-refractivity contribution is -0.385. The molecule has 0 fully saturated rings. The van der Waals surface area contributed by atoms with Gasteiger partial charge in [0, 0.05) is 26.1 Å². The van der Waals surface area contributed by atoms with Gasteiger partial charge < -0.3 is 10.4 Å². The number of aromatic hydroxyl groups is 1. The highest BCUT2D eigenvalue weighted by Gasteiger charge is 2.29. The van der Waals surface area contributed by atoms with E-state index in [4.69, 9.17) is 0 Å². The molecule has 0 aromatic heterocycles. The predicted molar refractivity (Wildman–Crippen MR) is 97.8 cm³/mol. The number of nitro groups is 1. The molecule has 2 aromatic rings. The maximum Gasteiger partial charge on any atom is 0.310 e. The fourth-order valence-electron chi connectivity index (χ4n) is 2.56. The molecule has 0 spiro atoms. The Morgan fingerprint density at radius 3 is 2.58 bits per heavy atom. The minimum atomic E-state index is -0.664. The lowest BCUT2D eigenvalue weighted by atomic mass is 9.99. The highest BCUT2D eigenvalue weighted by Crippen LogP contribution is 2.43. The first kappa shape index (κ1) is 16.7. The summed E-state index contributed by atoms with van der Waals surface area (Å²) < 4.78 is 1.60. The van der Waals surface area contributed by atoms with E-state index < -0.39 is 10.7 Å². The molecule has 1 aliphatic rings. The van der Waals surface area contributed by atoms with Crippen molar-refractivity contribution in [1.82, 2.24) is 0 Å². The number of benzene rings is 2. The van der Waals surface area contributed by atoms with E-state index in [2.05, 4.69) is 37.2 Å². The van der Waals surface area contributed by atoms with Crippen molar-refractivity contribution in [1.29, 1.82) is 0 Å². The molecule has 24 heavy (non-hydrogen) atoms. The van der Waals surface area contributed by atoms with Gasteiger partial charge in [-0.1, -0.05) is 15.9 Å². The monoisotopic (exact) mass is 452 g/mol. The lowest BCUT2D eigenvalue weighted by Crippen LogP contribution is -2.03. The minimum absolute atomic E-state index is 0.273. The van der Waals surface area contributed by atoms with Crippen molar-refractivity contribution >= 4 is 60.8 Å². The molecule has 2 N–H and O–H groups in total. The Balaban J connectivity index is 2.15. The molecule has 3 rings (SSSR count). The Kier molecular flexibility index (Phi) is 4.18. The molecule has 0 radical (unpaired) electrons. The molecule has 1 heterocycles. The van der Waals surface area contributed by atoms with Gasteiger partial charge in [-0.05, 0) is 58.3 Å². The first-order valence-electron chi connectivity index (χ1n) is 6.79. The average molecular weight is 454 g/mol. The van der Waals surface area contributed by atoms with E-state index >= 15 is 0 Å². The van der Waals surface area contributed by atoms with Crippen LogP contribution in [-0.2, 0) is 4.79 Å². The van der Waals surface area contributed by atoms with Crippen molar-refractivity contribution in [2.45, 2.75) is 6.92 Å². The zero-order valence-corrected chi connectivity index (χ0v) is 15.4. The number of nitrogens with one attached hydrogen (secondary N) is 1. The largest absolute Gasteiger partial charge is 0.502 e. The number of carbonyl (C=O) groups is 1. The maximum atomic E-state index is 12.3. The first-order chi connectivity index (χ1) is 11.3. The zero-order valence-electron chi connectivity index (χ0n) is 12.3. The predicted octanol–water partition coefficient (Wildman–Crippen LogP) is 4.63. The van der Waals surface area contributed by atoms with Gasteiger partial charge in [0.15, 0.2) is 5.75 Å². The fraction of sp³-hybridized carbons (Fsp3) is 0.0625. The second kappa shape index (κ2) is 6.03. The molecule has 0 saturated carbocycles. The van der Waals surface area contributed by atoms with E-state index in [0.29, 0.717) is 16.8 Å². The Morgan fingerprint density at radius 2 is 1.96 bits per heavy atom. The van der Waals surface area contributed by atoms with Gasteiger partial charge in [-0.15, -0.1) is 0 Å². The Morgan fingerprint density at radius 1 is 1.25 bits per heavy atom. The van der Waals surface area contributed by atoms with Gasteiger partial charge in [0.05, 0.1) is 10.6 Å². The minimum Gasteiger partial charge on any atom is -0.502 e. The summed E-state index contributed by atoms with van der Waals surface area (Å²) in [5.41, 5.74) is 2.86.